The molecule has 0 aliphatic heterocycles. The van der Waals surface area contributed by atoms with Crippen LogP contribution in [-0.4, -0.2) is 10.2 Å². The van der Waals surface area contributed by atoms with Crippen LogP contribution in [0.5, 0.6) is 0 Å². The zero-order chi connectivity index (χ0) is 10.1. The van der Waals surface area contributed by atoms with E-state index in [1.54, 1.807) is 0 Å². The van der Waals surface area contributed by atoms with E-state index in [0.29, 0.717) is 0 Å². The summed E-state index contributed by atoms with van der Waals surface area (Å²) in [5, 5.41) is 7.76. The van der Waals surface area contributed by atoms with Gasteiger partial charge in [0.05, 0.1) is 11.9 Å². The number of hydrogen-bond acceptors (Lipinski definition) is 1. The first-order chi connectivity index (χ1) is 6.68. The lowest BCUT2D eigenvalue weighted by molar-refractivity contribution is 1.09. The van der Waals surface area contributed by atoms with Gasteiger partial charge in [-0.25, -0.2) is 0 Å². The predicted molar refractivity (Wildman–Crippen MR) is 58.5 cm³/mol. The van der Waals surface area contributed by atoms with Crippen LogP contribution < -0.4 is 0 Å². The summed E-state index contributed by atoms with van der Waals surface area (Å²) in [7, 11) is 0. The third-order valence-corrected chi connectivity index (χ3v) is 2.52. The van der Waals surface area contributed by atoms with Crippen molar-refractivity contribution in [1.29, 1.82) is 0 Å². The summed E-state index contributed by atoms with van der Waals surface area (Å²) >= 11 is 5.89. The van der Waals surface area contributed by atoms with Gasteiger partial charge in [0.25, 0.3) is 0 Å². The minimum absolute atomic E-state index is 0.767. The number of nitrogens with one attached hydrogen (secondary N) is 1. The molecule has 1 heterocycles. The van der Waals surface area contributed by atoms with Crippen molar-refractivity contribution >= 4 is 11.6 Å². The maximum Gasteiger partial charge on any atom is 0.0681 e. The second-order valence-corrected chi connectivity index (χ2v) is 3.82. The van der Waals surface area contributed by atoms with Gasteiger partial charge in [-0.3, -0.25) is 5.10 Å². The molecule has 0 spiro atoms. The number of halogens is 1. The number of H-pyrrole nitrogens is 1. The minimum Gasteiger partial charge on any atom is -0.278 e. The van der Waals surface area contributed by atoms with Crippen molar-refractivity contribution < 1.29 is 0 Å². The first kappa shape index (κ1) is 9.28. The number of aromatic amines is 1. The van der Waals surface area contributed by atoms with Crippen molar-refractivity contribution in [2.45, 2.75) is 13.8 Å². The predicted octanol–water partition coefficient (Wildman–Crippen LogP) is 3.35. The summed E-state index contributed by atoms with van der Waals surface area (Å²) in [4.78, 5) is 0. The third-order valence-electron chi connectivity index (χ3n) is 2.29. The molecule has 2 nitrogen and oxygen atoms in total. The Morgan fingerprint density at radius 3 is 2.57 bits per heavy atom. The van der Waals surface area contributed by atoms with E-state index in [4.69, 9.17) is 11.6 Å². The van der Waals surface area contributed by atoms with Crippen LogP contribution in [0.2, 0.25) is 5.02 Å². The van der Waals surface area contributed by atoms with Gasteiger partial charge in [-0.2, -0.15) is 5.10 Å². The standard InChI is InChI=1S/C11H11ClN2/c1-7-5-9(12)3-4-10(7)11-8(2)6-13-14-11/h3-6H,1-2H3,(H,13,14). The van der Waals surface area contributed by atoms with Crippen LogP contribution in [0.25, 0.3) is 11.3 Å². The number of benzene rings is 1. The molecule has 0 saturated carbocycles. The molecule has 0 aliphatic rings. The molecule has 0 radical (unpaired) electrons. The highest BCUT2D eigenvalue weighted by atomic mass is 35.5. The summed E-state index contributed by atoms with van der Waals surface area (Å²) in [6.07, 6.45) is 1.82. The van der Waals surface area contributed by atoms with Crippen molar-refractivity contribution in [1.82, 2.24) is 10.2 Å². The Hall–Kier alpha value is -1.28. The van der Waals surface area contributed by atoms with Crippen molar-refractivity contribution in [2.75, 3.05) is 0 Å². The molecule has 1 N–H and O–H groups in total. The van der Waals surface area contributed by atoms with Crippen molar-refractivity contribution in [3.8, 4) is 11.3 Å². The smallest absolute Gasteiger partial charge is 0.0681 e. The Morgan fingerprint density at radius 2 is 2.00 bits per heavy atom. The molecule has 0 atom stereocenters. The lowest BCUT2D eigenvalue weighted by Crippen LogP contribution is -1.85. The monoisotopic (exact) mass is 206 g/mol. The largest absolute Gasteiger partial charge is 0.278 e. The van der Waals surface area contributed by atoms with Gasteiger partial charge >= 0.3 is 0 Å². The molecule has 14 heavy (non-hydrogen) atoms. The fourth-order valence-corrected chi connectivity index (χ4v) is 1.75. The zero-order valence-electron chi connectivity index (χ0n) is 8.13. The summed E-state index contributed by atoms with van der Waals surface area (Å²) in [6, 6.07) is 5.86. The first-order valence-corrected chi connectivity index (χ1v) is 4.83. The number of aromatic nitrogens is 2. The summed E-state index contributed by atoms with van der Waals surface area (Å²) in [6.45, 7) is 4.08. The molecule has 0 bridgehead atoms. The van der Waals surface area contributed by atoms with E-state index < -0.39 is 0 Å². The van der Waals surface area contributed by atoms with E-state index in [1.165, 1.54) is 0 Å². The van der Waals surface area contributed by atoms with E-state index in [2.05, 4.69) is 10.2 Å². The molecule has 72 valence electrons. The highest BCUT2D eigenvalue weighted by Gasteiger charge is 2.06. The van der Waals surface area contributed by atoms with E-state index in [1.807, 2.05) is 38.2 Å². The van der Waals surface area contributed by atoms with E-state index in [0.717, 1.165) is 27.4 Å². The molecule has 1 aromatic carbocycles. The minimum atomic E-state index is 0.767. The maximum atomic E-state index is 5.89. The first-order valence-electron chi connectivity index (χ1n) is 4.45. The summed E-state index contributed by atoms with van der Waals surface area (Å²) < 4.78 is 0. The molecular formula is C11H11ClN2. The van der Waals surface area contributed by atoms with Gasteiger partial charge in [0.15, 0.2) is 0 Å². The van der Waals surface area contributed by atoms with Crippen LogP contribution in [0, 0.1) is 13.8 Å². The van der Waals surface area contributed by atoms with Gasteiger partial charge in [-0.1, -0.05) is 17.7 Å². The maximum absolute atomic E-state index is 5.89. The van der Waals surface area contributed by atoms with Crippen LogP contribution in [0.4, 0.5) is 0 Å². The number of hydrogen-bond donors (Lipinski definition) is 1. The molecule has 2 rings (SSSR count). The quantitative estimate of drug-likeness (QED) is 0.762. The van der Waals surface area contributed by atoms with Crippen molar-refractivity contribution in [3.05, 3.63) is 40.5 Å². The number of nitrogens with zero attached hydrogens (tertiary/aromatic N) is 1. The Labute approximate surface area is 87.9 Å². The highest BCUT2D eigenvalue weighted by molar-refractivity contribution is 6.30. The summed E-state index contributed by atoms with van der Waals surface area (Å²) in [5.41, 5.74) is 4.53. The number of aryl methyl sites for hydroxylation is 2. The van der Waals surface area contributed by atoms with E-state index >= 15 is 0 Å². The Kier molecular flexibility index (Phi) is 2.30. The van der Waals surface area contributed by atoms with Crippen LogP contribution in [0.15, 0.2) is 24.4 Å². The fourth-order valence-electron chi connectivity index (χ4n) is 1.53. The Bertz CT molecular complexity index is 460. The second kappa shape index (κ2) is 3.46. The second-order valence-electron chi connectivity index (χ2n) is 3.39. The van der Waals surface area contributed by atoms with Crippen molar-refractivity contribution in [2.24, 2.45) is 0 Å². The lowest BCUT2D eigenvalue weighted by atomic mass is 10.0. The average Bonchev–Trinajstić information content (AvgIpc) is 2.52. The van der Waals surface area contributed by atoms with Gasteiger partial charge in [-0.05, 0) is 37.1 Å². The van der Waals surface area contributed by atoms with Gasteiger partial charge in [0.2, 0.25) is 0 Å². The molecule has 2 aromatic rings. The molecule has 1 aromatic heterocycles. The Morgan fingerprint density at radius 1 is 1.21 bits per heavy atom. The molecule has 0 saturated heterocycles. The molecule has 0 unspecified atom stereocenters. The van der Waals surface area contributed by atoms with Crippen LogP contribution in [0.3, 0.4) is 0 Å². The SMILES string of the molecule is Cc1cc(Cl)ccc1-c1[nH]ncc1C. The normalized spacial score (nSPS) is 10.5. The van der Waals surface area contributed by atoms with Crippen LogP contribution in [0.1, 0.15) is 11.1 Å². The van der Waals surface area contributed by atoms with Crippen LogP contribution >= 0.6 is 11.6 Å². The molecule has 0 fully saturated rings. The van der Waals surface area contributed by atoms with E-state index in [-0.39, 0.29) is 0 Å². The number of rotatable bonds is 1. The topological polar surface area (TPSA) is 28.7 Å². The van der Waals surface area contributed by atoms with Crippen molar-refractivity contribution in [3.63, 3.8) is 0 Å². The van der Waals surface area contributed by atoms with Gasteiger partial charge in [0, 0.05) is 10.6 Å². The molecule has 0 aliphatic carbocycles. The fraction of sp³-hybridized carbons (Fsp3) is 0.182. The average molecular weight is 207 g/mol. The highest BCUT2D eigenvalue weighted by Crippen LogP contribution is 2.26. The molecular weight excluding hydrogens is 196 g/mol. The van der Waals surface area contributed by atoms with Gasteiger partial charge in [-0.15, -0.1) is 0 Å². The van der Waals surface area contributed by atoms with Gasteiger partial charge < -0.3 is 0 Å². The Balaban J connectivity index is 2.58. The molecule has 0 amide bonds. The lowest BCUT2D eigenvalue weighted by Gasteiger charge is -2.04. The molecule has 3 heteroatoms. The van der Waals surface area contributed by atoms with Gasteiger partial charge in [0.1, 0.15) is 0 Å². The van der Waals surface area contributed by atoms with E-state index in [9.17, 15) is 0 Å². The zero-order valence-corrected chi connectivity index (χ0v) is 8.89. The van der Waals surface area contributed by atoms with Crippen LogP contribution in [-0.2, 0) is 0 Å². The summed E-state index contributed by atoms with van der Waals surface area (Å²) in [5.74, 6) is 0. The third kappa shape index (κ3) is 1.53.